The standard InChI is InChI=1S/C31H29NO7S/c1-4-24-19-31(29(33)37-3,30(34)38-20-22-10-6-5-7-11-22)28(39-24)27-18-23-12-8-9-13-26(23)32(27)40(35,36)25-16-14-21(2)15-17-25/h4-18,24,28H,1,19-20H2,2-3H3/t24-,28+,31?/m0/s1. The zero-order valence-corrected chi connectivity index (χ0v) is 23.0. The van der Waals surface area contributed by atoms with E-state index in [0.29, 0.717) is 10.9 Å². The summed E-state index contributed by atoms with van der Waals surface area (Å²) < 4.78 is 46.4. The molecule has 9 heteroatoms. The maximum absolute atomic E-state index is 14.1. The maximum atomic E-state index is 14.1. The second kappa shape index (κ2) is 10.7. The summed E-state index contributed by atoms with van der Waals surface area (Å²) in [7, 11) is -3.02. The van der Waals surface area contributed by atoms with E-state index in [9.17, 15) is 18.0 Å². The van der Waals surface area contributed by atoms with Gasteiger partial charge in [0.1, 0.15) is 12.7 Å². The number of para-hydroxylation sites is 1. The number of carbonyl (C=O) groups excluding carboxylic acids is 2. The molecule has 3 atom stereocenters. The number of methoxy groups -OCH3 is 1. The molecule has 2 heterocycles. The van der Waals surface area contributed by atoms with Crippen LogP contribution in [0.15, 0.2) is 102 Å². The predicted molar refractivity (Wildman–Crippen MR) is 149 cm³/mol. The molecule has 0 N–H and O–H groups in total. The Balaban J connectivity index is 1.70. The second-order valence-electron chi connectivity index (χ2n) is 9.73. The molecule has 0 aliphatic carbocycles. The van der Waals surface area contributed by atoms with Gasteiger partial charge in [-0.3, -0.25) is 9.59 Å². The third-order valence-electron chi connectivity index (χ3n) is 7.19. The molecule has 1 unspecified atom stereocenters. The molecule has 8 nitrogen and oxygen atoms in total. The number of benzene rings is 3. The Morgan fingerprint density at radius 3 is 2.38 bits per heavy atom. The van der Waals surface area contributed by atoms with E-state index >= 15 is 0 Å². The zero-order valence-electron chi connectivity index (χ0n) is 22.1. The van der Waals surface area contributed by atoms with Gasteiger partial charge in [0.2, 0.25) is 0 Å². The largest absolute Gasteiger partial charge is 0.468 e. The van der Waals surface area contributed by atoms with Crippen molar-refractivity contribution >= 4 is 32.9 Å². The molecule has 1 aromatic heterocycles. The topological polar surface area (TPSA) is 101 Å². The molecule has 40 heavy (non-hydrogen) atoms. The predicted octanol–water partition coefficient (Wildman–Crippen LogP) is 5.11. The fourth-order valence-corrected chi connectivity index (χ4v) is 6.68. The van der Waals surface area contributed by atoms with Gasteiger partial charge in [-0.2, -0.15) is 0 Å². The molecule has 1 aliphatic rings. The minimum Gasteiger partial charge on any atom is -0.468 e. The van der Waals surface area contributed by atoms with Crippen molar-refractivity contribution in [2.75, 3.05) is 7.11 Å². The van der Waals surface area contributed by atoms with Crippen molar-refractivity contribution < 1.29 is 32.2 Å². The van der Waals surface area contributed by atoms with Crippen LogP contribution in [0.1, 0.15) is 29.3 Å². The van der Waals surface area contributed by atoms with E-state index in [0.717, 1.165) is 15.1 Å². The van der Waals surface area contributed by atoms with E-state index < -0.39 is 39.6 Å². The molecule has 5 rings (SSSR count). The number of esters is 2. The minimum atomic E-state index is -4.19. The van der Waals surface area contributed by atoms with Gasteiger partial charge >= 0.3 is 11.9 Å². The summed E-state index contributed by atoms with van der Waals surface area (Å²) in [5.41, 5.74) is 0.114. The maximum Gasteiger partial charge on any atom is 0.327 e. The van der Waals surface area contributed by atoms with Gasteiger partial charge in [0.05, 0.1) is 29.3 Å². The van der Waals surface area contributed by atoms with Crippen molar-refractivity contribution in [2.45, 2.75) is 37.1 Å². The summed E-state index contributed by atoms with van der Waals surface area (Å²) in [6.07, 6.45) is -0.752. The lowest BCUT2D eigenvalue weighted by molar-refractivity contribution is -0.176. The smallest absolute Gasteiger partial charge is 0.327 e. The van der Waals surface area contributed by atoms with Crippen LogP contribution in [0.25, 0.3) is 10.9 Å². The minimum absolute atomic E-state index is 0.0503. The summed E-state index contributed by atoms with van der Waals surface area (Å²) in [6, 6.07) is 24.0. The number of hydrogen-bond donors (Lipinski definition) is 0. The lowest BCUT2D eigenvalue weighted by Crippen LogP contribution is -2.44. The van der Waals surface area contributed by atoms with Crippen LogP contribution in [0.4, 0.5) is 0 Å². The van der Waals surface area contributed by atoms with Gasteiger partial charge in [0.15, 0.2) is 5.41 Å². The highest BCUT2D eigenvalue weighted by Gasteiger charge is 2.63. The van der Waals surface area contributed by atoms with E-state index in [1.165, 1.54) is 25.3 Å². The molecule has 0 spiro atoms. The number of fused-ring (bicyclic) bond motifs is 1. The van der Waals surface area contributed by atoms with Gasteiger partial charge in [0.25, 0.3) is 10.0 Å². The molecule has 1 aliphatic heterocycles. The number of aryl methyl sites for hydroxylation is 1. The molecule has 206 valence electrons. The number of nitrogens with zero attached hydrogens (tertiary/aromatic N) is 1. The van der Waals surface area contributed by atoms with Crippen LogP contribution in [0.5, 0.6) is 0 Å². The summed E-state index contributed by atoms with van der Waals surface area (Å²) in [4.78, 5) is 27.4. The first-order valence-electron chi connectivity index (χ1n) is 12.7. The number of ether oxygens (including phenoxy) is 3. The molecule has 1 saturated heterocycles. The number of hydrogen-bond acceptors (Lipinski definition) is 7. The Morgan fingerprint density at radius 1 is 1.02 bits per heavy atom. The van der Waals surface area contributed by atoms with Gasteiger partial charge in [0, 0.05) is 11.8 Å². The Kier molecular flexibility index (Phi) is 7.35. The van der Waals surface area contributed by atoms with Gasteiger partial charge < -0.3 is 14.2 Å². The Bertz CT molecular complexity index is 1680. The Labute approximate surface area is 232 Å². The molecule has 0 bridgehead atoms. The van der Waals surface area contributed by atoms with Crippen molar-refractivity contribution in [3.8, 4) is 0 Å². The highest BCUT2D eigenvalue weighted by Crippen LogP contribution is 2.52. The quantitative estimate of drug-likeness (QED) is 0.168. The molecule has 0 saturated carbocycles. The second-order valence-corrected chi connectivity index (χ2v) is 11.5. The van der Waals surface area contributed by atoms with Crippen LogP contribution < -0.4 is 0 Å². The summed E-state index contributed by atoms with van der Waals surface area (Å²) in [6.45, 7) is 5.56. The first kappa shape index (κ1) is 27.4. The lowest BCUT2D eigenvalue weighted by atomic mass is 9.78. The summed E-state index contributed by atoms with van der Waals surface area (Å²) in [5.74, 6) is -1.76. The average molecular weight is 560 g/mol. The SMILES string of the molecule is C=C[C@H]1CC(C(=O)OC)(C(=O)OCc2ccccc2)[C@@H](c2cc3ccccc3n2S(=O)(=O)c2ccc(C)cc2)O1. The van der Waals surface area contributed by atoms with Gasteiger partial charge in [-0.1, -0.05) is 72.3 Å². The van der Waals surface area contributed by atoms with E-state index in [4.69, 9.17) is 14.2 Å². The number of aromatic nitrogens is 1. The highest BCUT2D eigenvalue weighted by molar-refractivity contribution is 7.90. The van der Waals surface area contributed by atoms with Crippen molar-refractivity contribution in [3.05, 3.63) is 114 Å². The van der Waals surface area contributed by atoms with Crippen LogP contribution in [0, 0.1) is 12.3 Å². The van der Waals surface area contributed by atoms with Gasteiger partial charge in [-0.25, -0.2) is 12.4 Å². The van der Waals surface area contributed by atoms with Crippen LogP contribution in [0.3, 0.4) is 0 Å². The number of carbonyl (C=O) groups is 2. The molecule has 1 fully saturated rings. The van der Waals surface area contributed by atoms with Crippen LogP contribution in [-0.4, -0.2) is 37.5 Å². The van der Waals surface area contributed by atoms with E-state index in [1.807, 2.05) is 25.1 Å². The highest BCUT2D eigenvalue weighted by atomic mass is 32.2. The fraction of sp³-hybridized carbons (Fsp3) is 0.226. The third kappa shape index (κ3) is 4.61. The summed E-state index contributed by atoms with van der Waals surface area (Å²) >= 11 is 0. The van der Waals surface area contributed by atoms with Crippen molar-refractivity contribution in [2.24, 2.45) is 5.41 Å². The van der Waals surface area contributed by atoms with Crippen molar-refractivity contribution in [1.29, 1.82) is 0 Å². The molecule has 4 aromatic rings. The first-order valence-corrected chi connectivity index (χ1v) is 14.2. The fourth-order valence-electron chi connectivity index (χ4n) is 5.14. The third-order valence-corrected chi connectivity index (χ3v) is 8.95. The van der Waals surface area contributed by atoms with Crippen molar-refractivity contribution in [1.82, 2.24) is 3.97 Å². The van der Waals surface area contributed by atoms with Gasteiger partial charge in [-0.05, 0) is 36.8 Å². The Hall–Kier alpha value is -4.21. The zero-order chi connectivity index (χ0) is 28.5. The molecular weight excluding hydrogens is 530 g/mol. The summed E-state index contributed by atoms with van der Waals surface area (Å²) in [5, 5.41) is 0.593. The normalized spacial score (nSPS) is 20.8. The average Bonchev–Trinajstić information content (AvgIpc) is 3.56. The molecule has 0 radical (unpaired) electrons. The van der Waals surface area contributed by atoms with Crippen molar-refractivity contribution in [3.63, 3.8) is 0 Å². The monoisotopic (exact) mass is 559 g/mol. The van der Waals surface area contributed by atoms with Crippen LogP contribution >= 0.6 is 0 Å². The van der Waals surface area contributed by atoms with Crippen LogP contribution in [0.2, 0.25) is 0 Å². The van der Waals surface area contributed by atoms with Crippen LogP contribution in [-0.2, 0) is 40.4 Å². The van der Waals surface area contributed by atoms with E-state index in [2.05, 4.69) is 6.58 Å². The lowest BCUT2D eigenvalue weighted by Gasteiger charge is -2.29. The first-order chi connectivity index (χ1) is 19.2. The Morgan fingerprint density at radius 2 is 1.70 bits per heavy atom. The van der Waals surface area contributed by atoms with Gasteiger partial charge in [-0.15, -0.1) is 6.58 Å². The molecule has 3 aromatic carbocycles. The number of rotatable bonds is 8. The molecular formula is C31H29NO7S. The molecule has 0 amide bonds. The van der Waals surface area contributed by atoms with E-state index in [-0.39, 0.29) is 23.6 Å². The van der Waals surface area contributed by atoms with E-state index in [1.54, 1.807) is 54.6 Å².